The summed E-state index contributed by atoms with van der Waals surface area (Å²) >= 11 is 3.30. The number of carbonyl (C=O) groups is 1. The Morgan fingerprint density at radius 1 is 0.969 bits per heavy atom. The fraction of sp³-hybridized carbons (Fsp3) is 0.381. The molecule has 11 heteroatoms. The highest BCUT2D eigenvalue weighted by molar-refractivity contribution is 9.10. The van der Waals surface area contributed by atoms with Crippen molar-refractivity contribution in [3.05, 3.63) is 58.6 Å². The zero-order chi connectivity index (χ0) is 23.5. The van der Waals surface area contributed by atoms with E-state index in [1.165, 1.54) is 30.5 Å². The Labute approximate surface area is 197 Å². The number of nitrogens with zero attached hydrogens (tertiary/aromatic N) is 2. The third-order valence-electron chi connectivity index (χ3n) is 5.44. The molecule has 1 aliphatic heterocycles. The van der Waals surface area contributed by atoms with Crippen molar-refractivity contribution < 1.29 is 21.6 Å². The van der Waals surface area contributed by atoms with Crippen LogP contribution >= 0.6 is 15.9 Å². The summed E-state index contributed by atoms with van der Waals surface area (Å²) in [5.74, 6) is -0.393. The Bertz CT molecular complexity index is 1160. The van der Waals surface area contributed by atoms with Gasteiger partial charge in [-0.15, -0.1) is 0 Å². The first-order chi connectivity index (χ1) is 15.0. The smallest absolute Gasteiger partial charge is 0.243 e. The van der Waals surface area contributed by atoms with Crippen LogP contribution in [0.1, 0.15) is 18.4 Å². The lowest BCUT2D eigenvalue weighted by atomic mass is 9.97. The summed E-state index contributed by atoms with van der Waals surface area (Å²) in [7, 11) is -4.13. The number of sulfonamides is 2. The van der Waals surface area contributed by atoms with Crippen LogP contribution in [0, 0.1) is 5.92 Å². The van der Waals surface area contributed by atoms with Crippen molar-refractivity contribution in [3.63, 3.8) is 0 Å². The van der Waals surface area contributed by atoms with Crippen LogP contribution < -0.4 is 5.32 Å². The van der Waals surface area contributed by atoms with Gasteiger partial charge in [-0.2, -0.15) is 4.31 Å². The number of piperidine rings is 1. The molecule has 2 aromatic carbocycles. The van der Waals surface area contributed by atoms with E-state index < -0.39 is 20.0 Å². The maximum Gasteiger partial charge on any atom is 0.243 e. The van der Waals surface area contributed by atoms with Crippen LogP contribution in [0.5, 0.6) is 0 Å². The molecule has 1 saturated heterocycles. The molecule has 0 spiro atoms. The number of carbonyl (C=O) groups excluding carboxylic acids is 1. The van der Waals surface area contributed by atoms with Crippen LogP contribution in [0.2, 0.25) is 0 Å². The molecule has 1 fully saturated rings. The second-order valence-corrected chi connectivity index (χ2v) is 12.8. The molecule has 0 bridgehead atoms. The summed E-state index contributed by atoms with van der Waals surface area (Å²) in [5, 5.41) is 2.87. The molecule has 0 unspecified atom stereocenters. The number of benzene rings is 2. The summed E-state index contributed by atoms with van der Waals surface area (Å²) < 4.78 is 53.2. The SMILES string of the molecule is CN(C)S(=O)(=O)c1ccc(CNC(=O)C2CCN(S(=O)(=O)c3ccc(Br)cc3)CC2)cc1. The Morgan fingerprint density at radius 3 is 2.03 bits per heavy atom. The molecule has 0 atom stereocenters. The minimum Gasteiger partial charge on any atom is -0.352 e. The van der Waals surface area contributed by atoms with Gasteiger partial charge in [0, 0.05) is 44.1 Å². The van der Waals surface area contributed by atoms with Crippen molar-refractivity contribution in [2.45, 2.75) is 29.2 Å². The number of amides is 1. The molecule has 2 aromatic rings. The van der Waals surface area contributed by atoms with Crippen molar-refractivity contribution in [1.29, 1.82) is 0 Å². The van der Waals surface area contributed by atoms with Gasteiger partial charge >= 0.3 is 0 Å². The van der Waals surface area contributed by atoms with Gasteiger partial charge in [0.2, 0.25) is 26.0 Å². The molecule has 3 rings (SSSR count). The Morgan fingerprint density at radius 2 is 1.50 bits per heavy atom. The van der Waals surface area contributed by atoms with Crippen LogP contribution in [0.4, 0.5) is 0 Å². The van der Waals surface area contributed by atoms with Crippen LogP contribution in [0.15, 0.2) is 62.8 Å². The molecule has 0 saturated carbocycles. The molecular formula is C21H26BrN3O5S2. The van der Waals surface area contributed by atoms with Crippen LogP contribution in [-0.2, 0) is 31.4 Å². The van der Waals surface area contributed by atoms with E-state index in [0.717, 1.165) is 14.3 Å². The molecule has 1 N–H and O–H groups in total. The van der Waals surface area contributed by atoms with E-state index in [4.69, 9.17) is 0 Å². The molecule has 0 aliphatic carbocycles. The first-order valence-corrected chi connectivity index (χ1v) is 13.7. The Balaban J connectivity index is 1.53. The largest absolute Gasteiger partial charge is 0.352 e. The molecule has 8 nitrogen and oxygen atoms in total. The van der Waals surface area contributed by atoms with Crippen LogP contribution in [0.3, 0.4) is 0 Å². The van der Waals surface area contributed by atoms with Crippen molar-refractivity contribution in [1.82, 2.24) is 13.9 Å². The number of nitrogens with one attached hydrogen (secondary N) is 1. The van der Waals surface area contributed by atoms with Crippen LogP contribution in [-0.4, -0.2) is 58.5 Å². The van der Waals surface area contributed by atoms with Crippen LogP contribution in [0.25, 0.3) is 0 Å². The van der Waals surface area contributed by atoms with Crippen molar-refractivity contribution in [3.8, 4) is 0 Å². The molecule has 0 radical (unpaired) electrons. The van der Waals surface area contributed by atoms with E-state index in [1.807, 2.05) is 0 Å². The van der Waals surface area contributed by atoms with Crippen molar-refractivity contribution >= 4 is 41.9 Å². The lowest BCUT2D eigenvalue weighted by Gasteiger charge is -2.30. The summed E-state index contributed by atoms with van der Waals surface area (Å²) in [4.78, 5) is 13.0. The molecule has 174 valence electrons. The zero-order valence-electron chi connectivity index (χ0n) is 17.9. The molecule has 0 aromatic heterocycles. The topological polar surface area (TPSA) is 104 Å². The zero-order valence-corrected chi connectivity index (χ0v) is 21.1. The monoisotopic (exact) mass is 543 g/mol. The number of hydrogen-bond donors (Lipinski definition) is 1. The quantitative estimate of drug-likeness (QED) is 0.577. The van der Waals surface area contributed by atoms with Gasteiger partial charge in [-0.25, -0.2) is 21.1 Å². The molecule has 1 amide bonds. The maximum atomic E-state index is 12.8. The predicted molar refractivity (Wildman–Crippen MR) is 125 cm³/mol. The Hall–Kier alpha value is -1.79. The summed E-state index contributed by atoms with van der Waals surface area (Å²) in [6.07, 6.45) is 0.892. The van der Waals surface area contributed by atoms with E-state index in [9.17, 15) is 21.6 Å². The van der Waals surface area contributed by atoms with Gasteiger partial charge < -0.3 is 5.32 Å². The number of rotatable bonds is 7. The molecule has 1 aliphatic rings. The Kier molecular flexibility index (Phi) is 7.77. The second kappa shape index (κ2) is 10.0. The predicted octanol–water partition coefficient (Wildman–Crippen LogP) is 2.42. The first kappa shape index (κ1) is 24.8. The summed E-state index contributed by atoms with van der Waals surface area (Å²) in [6.45, 7) is 0.847. The van der Waals surface area contributed by atoms with Gasteiger partial charge in [0.25, 0.3) is 0 Å². The normalized spacial score (nSPS) is 16.2. The summed E-state index contributed by atoms with van der Waals surface area (Å²) in [5.41, 5.74) is 0.784. The van der Waals surface area contributed by atoms with Gasteiger partial charge in [-0.3, -0.25) is 4.79 Å². The molecule has 1 heterocycles. The van der Waals surface area contributed by atoms with Gasteiger partial charge in [-0.1, -0.05) is 28.1 Å². The van der Waals surface area contributed by atoms with Crippen molar-refractivity contribution in [2.24, 2.45) is 5.92 Å². The lowest BCUT2D eigenvalue weighted by Crippen LogP contribution is -2.42. The maximum absolute atomic E-state index is 12.8. The van der Waals surface area contributed by atoms with E-state index in [2.05, 4.69) is 21.2 Å². The lowest BCUT2D eigenvalue weighted by molar-refractivity contribution is -0.126. The number of hydrogen-bond acceptors (Lipinski definition) is 5. The van der Waals surface area contributed by atoms with Gasteiger partial charge in [0.1, 0.15) is 0 Å². The van der Waals surface area contributed by atoms with E-state index >= 15 is 0 Å². The third-order valence-corrected chi connectivity index (χ3v) is 9.72. The van der Waals surface area contributed by atoms with Gasteiger partial charge in [-0.05, 0) is 54.8 Å². The molecular weight excluding hydrogens is 518 g/mol. The minimum absolute atomic E-state index is 0.129. The minimum atomic E-state index is -3.58. The first-order valence-electron chi connectivity index (χ1n) is 10.1. The van der Waals surface area contributed by atoms with Crippen molar-refractivity contribution in [2.75, 3.05) is 27.2 Å². The highest BCUT2D eigenvalue weighted by Gasteiger charge is 2.32. The highest BCUT2D eigenvalue weighted by Crippen LogP contribution is 2.25. The number of halogens is 1. The third kappa shape index (κ3) is 5.57. The van der Waals surface area contributed by atoms with E-state index in [1.54, 1.807) is 36.4 Å². The standard InChI is InChI=1S/C21H26BrN3O5S2/c1-24(2)31(27,28)19-7-3-16(4-8-19)15-23-21(26)17-11-13-25(14-12-17)32(29,30)20-9-5-18(22)6-10-20/h3-10,17H,11-15H2,1-2H3,(H,23,26). The van der Waals surface area contributed by atoms with Gasteiger partial charge in [0.15, 0.2) is 0 Å². The fourth-order valence-electron chi connectivity index (χ4n) is 3.44. The second-order valence-electron chi connectivity index (χ2n) is 7.78. The molecule has 32 heavy (non-hydrogen) atoms. The van der Waals surface area contributed by atoms with E-state index in [-0.39, 0.29) is 41.3 Å². The highest BCUT2D eigenvalue weighted by atomic mass is 79.9. The average molecular weight is 544 g/mol. The average Bonchev–Trinajstić information content (AvgIpc) is 2.78. The fourth-order valence-corrected chi connectivity index (χ4v) is 6.07. The van der Waals surface area contributed by atoms with E-state index in [0.29, 0.717) is 12.8 Å². The summed E-state index contributed by atoms with van der Waals surface area (Å²) in [6, 6.07) is 12.9. The van der Waals surface area contributed by atoms with Gasteiger partial charge in [0.05, 0.1) is 9.79 Å².